The molecule has 1 aliphatic rings. The lowest BCUT2D eigenvalue weighted by Gasteiger charge is -2.37. The summed E-state index contributed by atoms with van der Waals surface area (Å²) in [5.74, 6) is 0. The second-order valence-electron chi connectivity index (χ2n) is 6.29. The summed E-state index contributed by atoms with van der Waals surface area (Å²) in [4.78, 5) is 29.7. The second-order valence-corrected chi connectivity index (χ2v) is 6.70. The van der Waals surface area contributed by atoms with Crippen molar-refractivity contribution in [2.24, 2.45) is 4.99 Å². The van der Waals surface area contributed by atoms with Crippen LogP contribution in [0.25, 0.3) is 0 Å². The van der Waals surface area contributed by atoms with Gasteiger partial charge in [0.05, 0.1) is 16.4 Å². The van der Waals surface area contributed by atoms with Crippen LogP contribution in [-0.4, -0.2) is 48.9 Å². The number of hydrogen-bond acceptors (Lipinski definition) is 5. The Morgan fingerprint density at radius 2 is 1.91 bits per heavy atom. The highest BCUT2D eigenvalue weighted by Crippen LogP contribution is 2.30. The molecule has 1 heterocycles. The molecule has 0 N–H and O–H groups in total. The van der Waals surface area contributed by atoms with Crippen molar-refractivity contribution in [3.63, 3.8) is 0 Å². The molecule has 1 amide bonds. The molecule has 1 saturated heterocycles. The average molecular weight is 338 g/mol. The first-order valence-corrected chi connectivity index (χ1v) is 7.78. The molecule has 1 aromatic rings. The minimum atomic E-state index is -0.494. The van der Waals surface area contributed by atoms with Crippen LogP contribution in [0.4, 0.5) is 16.2 Å². The third-order valence-corrected chi connectivity index (χ3v) is 3.68. The van der Waals surface area contributed by atoms with E-state index in [1.165, 1.54) is 6.08 Å². The number of amides is 1. The Kier molecular flexibility index (Phi) is 5.29. The van der Waals surface area contributed by atoms with Gasteiger partial charge in [-0.1, -0.05) is 11.6 Å². The zero-order chi connectivity index (χ0) is 17.0. The summed E-state index contributed by atoms with van der Waals surface area (Å²) in [6.45, 7) is 8.02. The number of aliphatic imine (C=N–C) groups is 1. The Hall–Kier alpha value is -2.04. The predicted molar refractivity (Wildman–Crippen MR) is 89.3 cm³/mol. The van der Waals surface area contributed by atoms with Crippen molar-refractivity contribution in [3.05, 3.63) is 23.2 Å². The first kappa shape index (κ1) is 17.3. The number of ether oxygens (including phenoxy) is 1. The number of carbonyl (C=O) groups excluding carboxylic acids is 2. The van der Waals surface area contributed by atoms with Crippen molar-refractivity contribution in [1.29, 1.82) is 0 Å². The molecule has 1 aliphatic heterocycles. The van der Waals surface area contributed by atoms with Crippen LogP contribution in [-0.2, 0) is 9.53 Å². The summed E-state index contributed by atoms with van der Waals surface area (Å²) in [6, 6.07) is 5.16. The minimum Gasteiger partial charge on any atom is -0.444 e. The molecule has 6 nitrogen and oxygen atoms in total. The smallest absolute Gasteiger partial charge is 0.410 e. The lowest BCUT2D eigenvalue weighted by molar-refractivity contribution is 0.0240. The average Bonchev–Trinajstić information content (AvgIpc) is 2.46. The molecule has 23 heavy (non-hydrogen) atoms. The number of anilines is 1. The molecule has 2 rings (SSSR count). The van der Waals surface area contributed by atoms with Crippen LogP contribution in [0.3, 0.4) is 0 Å². The molecule has 0 spiro atoms. The lowest BCUT2D eigenvalue weighted by Crippen LogP contribution is -2.50. The number of carbonyl (C=O) groups is 1. The van der Waals surface area contributed by atoms with Gasteiger partial charge >= 0.3 is 6.09 Å². The molecule has 7 heteroatoms. The maximum Gasteiger partial charge on any atom is 0.410 e. The molecule has 1 fully saturated rings. The van der Waals surface area contributed by atoms with Crippen LogP contribution in [0.2, 0.25) is 5.02 Å². The predicted octanol–water partition coefficient (Wildman–Crippen LogP) is 3.36. The topological polar surface area (TPSA) is 62.2 Å². The van der Waals surface area contributed by atoms with Gasteiger partial charge in [0.25, 0.3) is 0 Å². The Balaban J connectivity index is 1.99. The number of nitrogens with zero attached hydrogens (tertiary/aromatic N) is 3. The van der Waals surface area contributed by atoms with E-state index in [1.54, 1.807) is 17.0 Å². The Morgan fingerprint density at radius 3 is 2.43 bits per heavy atom. The maximum absolute atomic E-state index is 12.1. The Morgan fingerprint density at radius 1 is 1.26 bits per heavy atom. The highest BCUT2D eigenvalue weighted by Gasteiger charge is 2.26. The third-order valence-electron chi connectivity index (χ3n) is 3.38. The molecule has 0 aromatic heterocycles. The third kappa shape index (κ3) is 4.71. The fourth-order valence-electron chi connectivity index (χ4n) is 2.33. The number of hydrogen-bond donors (Lipinski definition) is 0. The van der Waals surface area contributed by atoms with E-state index in [4.69, 9.17) is 16.3 Å². The fourth-order valence-corrected chi connectivity index (χ4v) is 2.63. The summed E-state index contributed by atoms with van der Waals surface area (Å²) in [6.07, 6.45) is 1.20. The van der Waals surface area contributed by atoms with Gasteiger partial charge in [-0.05, 0) is 39.0 Å². The maximum atomic E-state index is 12.1. The van der Waals surface area contributed by atoms with E-state index < -0.39 is 5.60 Å². The summed E-state index contributed by atoms with van der Waals surface area (Å²) in [5, 5.41) is 0.521. The molecule has 0 unspecified atom stereocenters. The highest BCUT2D eigenvalue weighted by molar-refractivity contribution is 6.33. The van der Waals surface area contributed by atoms with Gasteiger partial charge < -0.3 is 14.5 Å². The van der Waals surface area contributed by atoms with Crippen molar-refractivity contribution in [2.75, 3.05) is 31.1 Å². The van der Waals surface area contributed by atoms with E-state index in [0.717, 1.165) is 5.69 Å². The van der Waals surface area contributed by atoms with Gasteiger partial charge in [-0.2, -0.15) is 4.99 Å². The zero-order valence-corrected chi connectivity index (χ0v) is 14.3. The van der Waals surface area contributed by atoms with Crippen molar-refractivity contribution in [1.82, 2.24) is 4.90 Å². The second kappa shape index (κ2) is 7.02. The van der Waals surface area contributed by atoms with E-state index in [9.17, 15) is 9.59 Å². The van der Waals surface area contributed by atoms with Crippen LogP contribution in [0, 0.1) is 0 Å². The number of benzene rings is 1. The summed E-state index contributed by atoms with van der Waals surface area (Å²) in [5.41, 5.74) is 0.841. The van der Waals surface area contributed by atoms with Gasteiger partial charge in [0.2, 0.25) is 6.08 Å². The lowest BCUT2D eigenvalue weighted by atomic mass is 10.2. The SMILES string of the molecule is CC(C)(C)OC(=O)N1CCN(c2ccc(N=C=O)cc2Cl)CC1. The molecular weight excluding hydrogens is 318 g/mol. The van der Waals surface area contributed by atoms with Crippen molar-refractivity contribution < 1.29 is 14.3 Å². The van der Waals surface area contributed by atoms with Crippen LogP contribution >= 0.6 is 11.6 Å². The molecule has 124 valence electrons. The summed E-state index contributed by atoms with van der Waals surface area (Å²) in [7, 11) is 0. The fraction of sp³-hybridized carbons (Fsp3) is 0.500. The highest BCUT2D eigenvalue weighted by atomic mass is 35.5. The van der Waals surface area contributed by atoms with Gasteiger partial charge in [-0.25, -0.2) is 9.59 Å². The quantitative estimate of drug-likeness (QED) is 0.613. The van der Waals surface area contributed by atoms with Crippen LogP contribution < -0.4 is 4.90 Å². The number of piperazine rings is 1. The monoisotopic (exact) mass is 337 g/mol. The van der Waals surface area contributed by atoms with E-state index in [2.05, 4.69) is 9.89 Å². The van der Waals surface area contributed by atoms with Crippen molar-refractivity contribution in [2.45, 2.75) is 26.4 Å². The molecular formula is C16H20ClN3O3. The standard InChI is InChI=1S/C16H20ClN3O3/c1-16(2,3)23-15(22)20-8-6-19(7-9-20)14-5-4-12(18-11-21)10-13(14)17/h4-5,10H,6-9H2,1-3H3. The van der Waals surface area contributed by atoms with E-state index in [1.807, 2.05) is 26.8 Å². The Bertz CT molecular complexity index is 628. The summed E-state index contributed by atoms with van der Waals surface area (Å²) >= 11 is 6.25. The number of rotatable bonds is 2. The molecule has 0 radical (unpaired) electrons. The van der Waals surface area contributed by atoms with Gasteiger partial charge in [0, 0.05) is 26.2 Å². The van der Waals surface area contributed by atoms with Crippen LogP contribution in [0.1, 0.15) is 20.8 Å². The molecule has 0 bridgehead atoms. The molecule has 0 atom stereocenters. The zero-order valence-electron chi connectivity index (χ0n) is 13.5. The van der Waals surface area contributed by atoms with Crippen LogP contribution in [0.15, 0.2) is 23.2 Å². The van der Waals surface area contributed by atoms with Crippen LogP contribution in [0.5, 0.6) is 0 Å². The van der Waals surface area contributed by atoms with E-state index in [-0.39, 0.29) is 6.09 Å². The first-order chi connectivity index (χ1) is 10.8. The first-order valence-electron chi connectivity index (χ1n) is 7.40. The number of isocyanates is 1. The van der Waals surface area contributed by atoms with Crippen molar-refractivity contribution >= 4 is 35.1 Å². The van der Waals surface area contributed by atoms with Gasteiger partial charge in [0.15, 0.2) is 0 Å². The molecule has 0 aliphatic carbocycles. The van der Waals surface area contributed by atoms with E-state index in [0.29, 0.717) is 36.9 Å². The molecule has 1 aromatic carbocycles. The number of halogens is 1. The van der Waals surface area contributed by atoms with Gasteiger partial charge in [-0.15, -0.1) is 0 Å². The van der Waals surface area contributed by atoms with E-state index >= 15 is 0 Å². The summed E-state index contributed by atoms with van der Waals surface area (Å²) < 4.78 is 5.38. The van der Waals surface area contributed by atoms with Crippen molar-refractivity contribution in [3.8, 4) is 0 Å². The molecule has 0 saturated carbocycles. The normalized spacial score (nSPS) is 15.1. The largest absolute Gasteiger partial charge is 0.444 e. The minimum absolute atomic E-state index is 0.293. The van der Waals surface area contributed by atoms with Gasteiger partial charge in [0.1, 0.15) is 5.60 Å². The van der Waals surface area contributed by atoms with Gasteiger partial charge in [-0.3, -0.25) is 0 Å². The Labute approximate surface area is 140 Å².